The normalized spacial score (nSPS) is 12.1. The molecule has 0 bridgehead atoms. The van der Waals surface area contributed by atoms with Crippen molar-refractivity contribution in [3.63, 3.8) is 0 Å². The minimum Gasteiger partial charge on any atom is -0.375 e. The third-order valence-electron chi connectivity index (χ3n) is 2.56. The number of nitrogens with two attached hydrogens (primary N) is 1. The molecule has 3 N–H and O–H groups in total. The van der Waals surface area contributed by atoms with Crippen LogP contribution in [0, 0.1) is 0 Å². The third-order valence-corrected chi connectivity index (χ3v) is 3.47. The van der Waals surface area contributed by atoms with Crippen LogP contribution in [0.5, 0.6) is 0 Å². The number of nitrogens with zero attached hydrogens (tertiary/aromatic N) is 1. The molecule has 0 radical (unpaired) electrons. The molecule has 100 valence electrons. The molecule has 2 aromatic rings. The number of carbonyl (C=O) groups is 1. The maximum Gasteiger partial charge on any atom is 0.271 e. The molecule has 4 nitrogen and oxygen atoms in total. The van der Waals surface area contributed by atoms with Gasteiger partial charge in [0.1, 0.15) is 5.69 Å². The van der Waals surface area contributed by atoms with Gasteiger partial charge in [-0.3, -0.25) is 4.79 Å². The van der Waals surface area contributed by atoms with E-state index in [1.165, 1.54) is 11.3 Å². The molecule has 0 fully saturated rings. The predicted molar refractivity (Wildman–Crippen MR) is 78.6 cm³/mol. The molecule has 1 heterocycles. The van der Waals surface area contributed by atoms with Crippen LogP contribution in [0.4, 0.5) is 5.13 Å². The highest BCUT2D eigenvalue weighted by molar-refractivity contribution is 7.13. The van der Waals surface area contributed by atoms with Gasteiger partial charge in [-0.2, -0.15) is 0 Å². The van der Waals surface area contributed by atoms with E-state index in [4.69, 9.17) is 17.3 Å². The van der Waals surface area contributed by atoms with Crippen molar-refractivity contribution in [2.75, 3.05) is 5.73 Å². The zero-order chi connectivity index (χ0) is 13.8. The molecule has 0 aliphatic carbocycles. The highest BCUT2D eigenvalue weighted by atomic mass is 35.5. The molecule has 1 unspecified atom stereocenters. The van der Waals surface area contributed by atoms with Crippen LogP contribution < -0.4 is 11.1 Å². The number of anilines is 1. The molecular weight excluding hydrogens is 282 g/mol. The van der Waals surface area contributed by atoms with Crippen molar-refractivity contribution in [1.29, 1.82) is 0 Å². The lowest BCUT2D eigenvalue weighted by Gasteiger charge is -2.13. The van der Waals surface area contributed by atoms with Crippen LogP contribution in [0.25, 0.3) is 0 Å². The van der Waals surface area contributed by atoms with E-state index in [1.54, 1.807) is 5.38 Å². The van der Waals surface area contributed by atoms with Crippen molar-refractivity contribution in [3.8, 4) is 0 Å². The summed E-state index contributed by atoms with van der Waals surface area (Å²) in [5, 5.41) is 5.63. The van der Waals surface area contributed by atoms with Crippen molar-refractivity contribution in [2.45, 2.75) is 19.4 Å². The summed E-state index contributed by atoms with van der Waals surface area (Å²) in [6, 6.07) is 7.59. The molecule has 1 aromatic heterocycles. The van der Waals surface area contributed by atoms with E-state index < -0.39 is 0 Å². The number of thiazole rings is 1. The maximum atomic E-state index is 11.9. The van der Waals surface area contributed by atoms with E-state index in [0.29, 0.717) is 22.3 Å². The van der Waals surface area contributed by atoms with Gasteiger partial charge < -0.3 is 11.1 Å². The van der Waals surface area contributed by atoms with Crippen molar-refractivity contribution < 1.29 is 4.79 Å². The second-order valence-corrected chi connectivity index (χ2v) is 5.61. The number of hydrogen-bond donors (Lipinski definition) is 2. The van der Waals surface area contributed by atoms with Gasteiger partial charge in [0.15, 0.2) is 5.13 Å². The number of benzene rings is 1. The zero-order valence-corrected chi connectivity index (χ0v) is 12.0. The monoisotopic (exact) mass is 295 g/mol. The summed E-state index contributed by atoms with van der Waals surface area (Å²) in [7, 11) is 0. The molecule has 0 saturated carbocycles. The molecule has 1 aromatic carbocycles. The summed E-state index contributed by atoms with van der Waals surface area (Å²) < 4.78 is 0. The summed E-state index contributed by atoms with van der Waals surface area (Å²) in [6.45, 7) is 1.94. The van der Waals surface area contributed by atoms with Crippen LogP contribution in [0.2, 0.25) is 5.02 Å². The topological polar surface area (TPSA) is 68.0 Å². The second kappa shape index (κ2) is 6.04. The lowest BCUT2D eigenvalue weighted by Crippen LogP contribution is -2.34. The van der Waals surface area contributed by atoms with Crippen LogP contribution in [0.3, 0.4) is 0 Å². The number of halogens is 1. The average molecular weight is 296 g/mol. The van der Waals surface area contributed by atoms with Crippen LogP contribution in [-0.4, -0.2) is 16.9 Å². The van der Waals surface area contributed by atoms with Gasteiger partial charge in [-0.05, 0) is 31.0 Å². The number of carbonyl (C=O) groups excluding carboxylic acids is 1. The molecule has 0 spiro atoms. The molecule has 1 amide bonds. The largest absolute Gasteiger partial charge is 0.375 e. The first-order valence-corrected chi connectivity index (χ1v) is 7.06. The van der Waals surface area contributed by atoms with E-state index in [9.17, 15) is 4.79 Å². The van der Waals surface area contributed by atoms with Crippen molar-refractivity contribution in [1.82, 2.24) is 10.3 Å². The fourth-order valence-electron chi connectivity index (χ4n) is 1.76. The van der Waals surface area contributed by atoms with Crippen LogP contribution >= 0.6 is 22.9 Å². The molecule has 0 saturated heterocycles. The number of amides is 1. The number of nitrogen functional groups attached to an aromatic ring is 1. The smallest absolute Gasteiger partial charge is 0.271 e. The van der Waals surface area contributed by atoms with E-state index in [0.717, 1.165) is 5.56 Å². The van der Waals surface area contributed by atoms with Crippen LogP contribution in [0.1, 0.15) is 23.0 Å². The van der Waals surface area contributed by atoms with Gasteiger partial charge >= 0.3 is 0 Å². The highest BCUT2D eigenvalue weighted by Crippen LogP contribution is 2.13. The second-order valence-electron chi connectivity index (χ2n) is 4.28. The lowest BCUT2D eigenvalue weighted by molar-refractivity contribution is 0.0936. The minimum atomic E-state index is -0.206. The first-order valence-electron chi connectivity index (χ1n) is 5.81. The van der Waals surface area contributed by atoms with Crippen molar-refractivity contribution in [3.05, 3.63) is 45.9 Å². The Morgan fingerprint density at radius 1 is 1.58 bits per heavy atom. The molecule has 2 rings (SSSR count). The highest BCUT2D eigenvalue weighted by Gasteiger charge is 2.13. The molecule has 6 heteroatoms. The predicted octanol–water partition coefficient (Wildman–Crippen LogP) is 2.74. The summed E-state index contributed by atoms with van der Waals surface area (Å²) in [6.07, 6.45) is 0.714. The first-order chi connectivity index (χ1) is 9.04. The number of nitrogens with one attached hydrogen (secondary N) is 1. The standard InChI is InChI=1S/C13H14ClN3OS/c1-8(5-9-3-2-4-10(14)6-9)16-12(18)11-7-19-13(15)17-11/h2-4,6-8H,5H2,1H3,(H2,15,17)(H,16,18). The number of aromatic nitrogens is 1. The summed E-state index contributed by atoms with van der Waals surface area (Å²) in [5.74, 6) is -0.206. The van der Waals surface area contributed by atoms with Gasteiger partial charge in [0.2, 0.25) is 0 Å². The van der Waals surface area contributed by atoms with Crippen molar-refractivity contribution >= 4 is 34.0 Å². The van der Waals surface area contributed by atoms with E-state index in [2.05, 4.69) is 10.3 Å². The zero-order valence-electron chi connectivity index (χ0n) is 10.4. The fraction of sp³-hybridized carbons (Fsp3) is 0.231. The molecule has 0 aliphatic heterocycles. The lowest BCUT2D eigenvalue weighted by atomic mass is 10.1. The Hall–Kier alpha value is -1.59. The van der Waals surface area contributed by atoms with Gasteiger partial charge in [-0.1, -0.05) is 23.7 Å². The Morgan fingerprint density at radius 3 is 3.00 bits per heavy atom. The Morgan fingerprint density at radius 2 is 2.37 bits per heavy atom. The first kappa shape index (κ1) is 13.8. The number of rotatable bonds is 4. The SMILES string of the molecule is CC(Cc1cccc(Cl)c1)NC(=O)c1csc(N)n1. The quantitative estimate of drug-likeness (QED) is 0.911. The van der Waals surface area contributed by atoms with Gasteiger partial charge in [0, 0.05) is 16.4 Å². The Bertz CT molecular complexity index is 585. The number of hydrogen-bond acceptors (Lipinski definition) is 4. The van der Waals surface area contributed by atoms with Gasteiger partial charge in [0.25, 0.3) is 5.91 Å². The summed E-state index contributed by atoms with van der Waals surface area (Å²) in [4.78, 5) is 15.8. The molecule has 1 atom stereocenters. The molecular formula is C13H14ClN3OS. The van der Waals surface area contributed by atoms with E-state index in [1.807, 2.05) is 31.2 Å². The Labute approximate surface area is 120 Å². The summed E-state index contributed by atoms with van der Waals surface area (Å²) >= 11 is 7.18. The maximum absolute atomic E-state index is 11.9. The van der Waals surface area contributed by atoms with Gasteiger partial charge in [-0.25, -0.2) is 4.98 Å². The van der Waals surface area contributed by atoms with Gasteiger partial charge in [0.05, 0.1) is 0 Å². The van der Waals surface area contributed by atoms with E-state index in [-0.39, 0.29) is 11.9 Å². The van der Waals surface area contributed by atoms with Gasteiger partial charge in [-0.15, -0.1) is 11.3 Å². The van der Waals surface area contributed by atoms with Crippen LogP contribution in [0.15, 0.2) is 29.6 Å². The third kappa shape index (κ3) is 3.94. The average Bonchev–Trinajstić information content (AvgIpc) is 2.75. The summed E-state index contributed by atoms with van der Waals surface area (Å²) in [5.41, 5.74) is 6.94. The van der Waals surface area contributed by atoms with Crippen LogP contribution in [-0.2, 0) is 6.42 Å². The molecule has 0 aliphatic rings. The molecule has 19 heavy (non-hydrogen) atoms. The fourth-order valence-corrected chi connectivity index (χ4v) is 2.51. The Balaban J connectivity index is 1.94. The van der Waals surface area contributed by atoms with Crippen molar-refractivity contribution in [2.24, 2.45) is 0 Å². The van der Waals surface area contributed by atoms with E-state index >= 15 is 0 Å². The minimum absolute atomic E-state index is 0.00566. The Kier molecular flexibility index (Phi) is 4.39.